The molecule has 0 saturated carbocycles. The molecule has 0 heterocycles. The minimum Gasteiger partial charge on any atom is -0.544 e. The first-order chi connectivity index (χ1) is 28.1. The summed E-state index contributed by atoms with van der Waals surface area (Å²) in [4.78, 5) is 36.9. The summed E-state index contributed by atoms with van der Waals surface area (Å²) in [5.41, 5.74) is 0. The second-order valence-electron chi connectivity index (χ2n) is 16.3. The Morgan fingerprint density at radius 1 is 0.534 bits per heavy atom. The Morgan fingerprint density at radius 2 is 0.966 bits per heavy atom. The third-order valence-electron chi connectivity index (χ3n) is 9.83. The molecule has 0 aromatic rings. The summed E-state index contributed by atoms with van der Waals surface area (Å²) in [7, 11) is 5.38. The lowest BCUT2D eigenvalue weighted by molar-refractivity contribution is -0.889. The molecule has 0 aliphatic heterocycles. The van der Waals surface area contributed by atoms with Crippen molar-refractivity contribution in [2.45, 2.75) is 187 Å². The molecule has 0 fully saturated rings. The van der Waals surface area contributed by atoms with E-state index in [1.54, 1.807) is 21.1 Å². The van der Waals surface area contributed by atoms with Crippen LogP contribution in [-0.2, 0) is 28.6 Å². The highest BCUT2D eigenvalue weighted by atomic mass is 16.6. The number of likely N-dealkylation sites (N-methyl/N-ethyl adjacent to an activating group) is 1. The van der Waals surface area contributed by atoms with Crippen LogP contribution >= 0.6 is 0 Å². The van der Waals surface area contributed by atoms with Crippen LogP contribution in [0.5, 0.6) is 0 Å². The average Bonchev–Trinajstić information content (AvgIpc) is 3.18. The van der Waals surface area contributed by atoms with Crippen LogP contribution in [0.15, 0.2) is 72.9 Å². The van der Waals surface area contributed by atoms with E-state index in [0.29, 0.717) is 12.8 Å². The van der Waals surface area contributed by atoms with Gasteiger partial charge in [0.25, 0.3) is 0 Å². The van der Waals surface area contributed by atoms with E-state index >= 15 is 0 Å². The van der Waals surface area contributed by atoms with E-state index in [-0.39, 0.29) is 49.1 Å². The molecule has 0 radical (unpaired) electrons. The lowest BCUT2D eigenvalue weighted by atomic mass is 10.1. The highest BCUT2D eigenvalue weighted by molar-refractivity contribution is 5.70. The van der Waals surface area contributed by atoms with E-state index in [2.05, 4.69) is 86.8 Å². The first-order valence-corrected chi connectivity index (χ1v) is 23.0. The summed E-state index contributed by atoms with van der Waals surface area (Å²) in [6.45, 7) is 4.46. The van der Waals surface area contributed by atoms with Crippen LogP contribution in [0.25, 0.3) is 0 Å². The van der Waals surface area contributed by atoms with E-state index in [0.717, 1.165) is 64.2 Å². The first kappa shape index (κ1) is 54.8. The molecular weight excluding hydrogens is 727 g/mol. The van der Waals surface area contributed by atoms with Crippen LogP contribution in [0.3, 0.4) is 0 Å². The zero-order chi connectivity index (χ0) is 42.8. The maximum atomic E-state index is 12.7. The molecule has 8 nitrogen and oxygen atoms in total. The molecule has 0 bridgehead atoms. The third-order valence-corrected chi connectivity index (χ3v) is 9.83. The summed E-state index contributed by atoms with van der Waals surface area (Å²) in [5.74, 6) is -1.80. The average molecular weight is 812 g/mol. The maximum absolute atomic E-state index is 12.7. The van der Waals surface area contributed by atoms with E-state index < -0.39 is 18.1 Å². The number of carboxylic acid groups (broad SMARTS) is 1. The van der Waals surface area contributed by atoms with Crippen molar-refractivity contribution in [1.29, 1.82) is 0 Å². The number of carbonyl (C=O) groups is 3. The molecule has 0 aliphatic carbocycles. The lowest BCUT2D eigenvalue weighted by Gasteiger charge is -2.34. The number of aliphatic carboxylic acids is 1. The summed E-state index contributed by atoms with van der Waals surface area (Å²) < 4.78 is 17.1. The van der Waals surface area contributed by atoms with Gasteiger partial charge < -0.3 is 28.6 Å². The van der Waals surface area contributed by atoms with Crippen LogP contribution in [0.4, 0.5) is 0 Å². The minimum absolute atomic E-state index is 0.0193. The first-order valence-electron chi connectivity index (χ1n) is 23.0. The molecule has 58 heavy (non-hydrogen) atoms. The predicted octanol–water partition coefficient (Wildman–Crippen LogP) is 11.4. The number of esters is 2. The van der Waals surface area contributed by atoms with E-state index in [9.17, 15) is 19.5 Å². The minimum atomic E-state index is -1.13. The van der Waals surface area contributed by atoms with Gasteiger partial charge in [0.1, 0.15) is 12.6 Å². The lowest BCUT2D eigenvalue weighted by Crippen LogP contribution is -2.55. The number of quaternary nitrogens is 1. The van der Waals surface area contributed by atoms with Crippen LogP contribution in [-0.4, -0.2) is 75.5 Å². The Morgan fingerprint density at radius 3 is 1.47 bits per heavy atom. The van der Waals surface area contributed by atoms with Gasteiger partial charge in [0.05, 0.1) is 40.3 Å². The van der Waals surface area contributed by atoms with Crippen LogP contribution in [0.2, 0.25) is 0 Å². The highest BCUT2D eigenvalue weighted by Gasteiger charge is 2.25. The van der Waals surface area contributed by atoms with Gasteiger partial charge in [-0.15, -0.1) is 0 Å². The molecule has 8 heteroatoms. The van der Waals surface area contributed by atoms with Crippen molar-refractivity contribution in [2.24, 2.45) is 0 Å². The number of unbranched alkanes of at least 4 members (excludes halogenated alkanes) is 14. The largest absolute Gasteiger partial charge is 0.544 e. The number of nitrogens with zero attached hydrogens (tertiary/aromatic N) is 1. The number of carbonyl (C=O) groups excluding carboxylic acids is 3. The Balaban J connectivity index is 4.37. The van der Waals surface area contributed by atoms with Gasteiger partial charge >= 0.3 is 11.9 Å². The third kappa shape index (κ3) is 38.3. The predicted molar refractivity (Wildman–Crippen MR) is 240 cm³/mol. The molecule has 332 valence electrons. The van der Waals surface area contributed by atoms with Crippen LogP contribution in [0, 0.1) is 0 Å². The number of hydrogen-bond acceptors (Lipinski definition) is 7. The van der Waals surface area contributed by atoms with Gasteiger partial charge in [-0.2, -0.15) is 0 Å². The van der Waals surface area contributed by atoms with E-state index in [1.165, 1.54) is 70.6 Å². The number of carboxylic acids is 1. The summed E-state index contributed by atoms with van der Waals surface area (Å²) in [6.07, 6.45) is 50.7. The molecule has 0 N–H and O–H groups in total. The number of allylic oxidation sites excluding steroid dienone is 12. The van der Waals surface area contributed by atoms with Gasteiger partial charge in [0, 0.05) is 19.3 Å². The van der Waals surface area contributed by atoms with Crippen molar-refractivity contribution in [2.75, 3.05) is 41.0 Å². The summed E-state index contributed by atoms with van der Waals surface area (Å²) in [5, 5.41) is 11.6. The SMILES string of the molecule is CC/C=C\C/C=C\C/C=C\C/C=C\CCCCC(=O)OC(COCCC(C(=O)[O-])[N+](C)(C)C)COC(=O)CCCCCCCCCCC/C=C\C/C=C\CCCCC. The van der Waals surface area contributed by atoms with Crippen molar-refractivity contribution >= 4 is 17.9 Å². The molecule has 0 aromatic heterocycles. The van der Waals surface area contributed by atoms with Gasteiger partial charge in [-0.05, 0) is 83.5 Å². The van der Waals surface area contributed by atoms with Crippen molar-refractivity contribution < 1.29 is 38.2 Å². The van der Waals surface area contributed by atoms with Gasteiger partial charge in [0.2, 0.25) is 0 Å². The zero-order valence-corrected chi connectivity index (χ0v) is 37.7. The molecular formula is C50H85NO7. The Bertz CT molecular complexity index is 1180. The number of hydrogen-bond donors (Lipinski definition) is 0. The number of rotatable bonds is 40. The summed E-state index contributed by atoms with van der Waals surface area (Å²) in [6, 6.07) is -0.737. The van der Waals surface area contributed by atoms with E-state index in [1.807, 2.05) is 0 Å². The van der Waals surface area contributed by atoms with Crippen molar-refractivity contribution in [3.63, 3.8) is 0 Å². The van der Waals surface area contributed by atoms with Gasteiger partial charge in [0.15, 0.2) is 6.10 Å². The summed E-state index contributed by atoms with van der Waals surface area (Å²) >= 11 is 0. The quantitative estimate of drug-likeness (QED) is 0.0263. The second kappa shape index (κ2) is 40.5. The van der Waals surface area contributed by atoms with Gasteiger partial charge in [-0.25, -0.2) is 0 Å². The van der Waals surface area contributed by atoms with Crippen molar-refractivity contribution in [1.82, 2.24) is 0 Å². The fraction of sp³-hybridized carbons (Fsp3) is 0.700. The molecule has 0 aromatic carbocycles. The fourth-order valence-corrected chi connectivity index (χ4v) is 6.27. The smallest absolute Gasteiger partial charge is 0.306 e. The van der Waals surface area contributed by atoms with Crippen molar-refractivity contribution in [3.05, 3.63) is 72.9 Å². The van der Waals surface area contributed by atoms with E-state index in [4.69, 9.17) is 14.2 Å². The van der Waals surface area contributed by atoms with Crippen LogP contribution in [0.1, 0.15) is 174 Å². The Hall–Kier alpha value is -3.23. The van der Waals surface area contributed by atoms with Gasteiger partial charge in [-0.1, -0.05) is 145 Å². The maximum Gasteiger partial charge on any atom is 0.306 e. The molecule has 2 unspecified atom stereocenters. The molecule has 2 atom stereocenters. The Kier molecular flexibility index (Phi) is 38.3. The molecule has 0 rings (SSSR count). The molecule has 0 saturated heterocycles. The zero-order valence-electron chi connectivity index (χ0n) is 37.7. The highest BCUT2D eigenvalue weighted by Crippen LogP contribution is 2.13. The standard InChI is InChI=1S/C50H85NO7/c1-6-8-10-12-14-16-18-20-22-23-24-25-27-28-30-32-34-36-38-40-48(52)57-45-46(44-56-43-42-47(50(54)55)51(3,4)5)58-49(53)41-39-37-35-33-31-29-26-21-19-17-15-13-11-9-7-2/h9,11,14-17,20-22,26,31,33,46-47H,6-8,10,12-13,18-19,23-25,27-30,32,34-45H2,1-5H3/b11-9-,16-14-,17-15-,22-20-,26-21-,33-31-. The molecule has 0 amide bonds. The molecule has 0 spiro atoms. The van der Waals surface area contributed by atoms with Crippen molar-refractivity contribution in [3.8, 4) is 0 Å². The monoisotopic (exact) mass is 812 g/mol. The van der Waals surface area contributed by atoms with Gasteiger partial charge in [-0.3, -0.25) is 9.59 Å². The molecule has 0 aliphatic rings. The number of ether oxygens (including phenoxy) is 3. The topological polar surface area (TPSA) is 102 Å². The Labute approximate surface area is 355 Å². The fourth-order valence-electron chi connectivity index (χ4n) is 6.27. The van der Waals surface area contributed by atoms with Crippen LogP contribution < -0.4 is 5.11 Å². The normalized spacial score (nSPS) is 13.6. The second-order valence-corrected chi connectivity index (χ2v) is 16.3.